The van der Waals surface area contributed by atoms with Gasteiger partial charge in [-0.25, -0.2) is 0 Å². The highest BCUT2D eigenvalue weighted by molar-refractivity contribution is 7.50. The van der Waals surface area contributed by atoms with Crippen molar-refractivity contribution in [3.05, 3.63) is 0 Å². The van der Waals surface area contributed by atoms with Gasteiger partial charge in [-0.3, -0.25) is 0 Å². The standard InChI is InChI=1S/C10H24NO4P/c1-8(2)6-9(11(3,4)5)10(12)7-16(13,14)15/h8-10,12H,6-7H2,1-5H3,(H-,13,14,15)/t9-,10+/m0/s1. The maximum absolute atomic E-state index is 10.8. The van der Waals surface area contributed by atoms with Crippen molar-refractivity contribution in [3.63, 3.8) is 0 Å². The van der Waals surface area contributed by atoms with Gasteiger partial charge in [-0.1, -0.05) is 13.8 Å². The molecular formula is C10H24NO4P. The van der Waals surface area contributed by atoms with E-state index in [1.807, 2.05) is 35.0 Å². The third-order valence-corrected chi connectivity index (χ3v) is 3.41. The molecule has 3 atom stereocenters. The van der Waals surface area contributed by atoms with E-state index >= 15 is 0 Å². The molecule has 0 aromatic heterocycles. The second-order valence-electron chi connectivity index (χ2n) is 5.70. The topological polar surface area (TPSA) is 80.6 Å². The molecule has 0 heterocycles. The summed E-state index contributed by atoms with van der Waals surface area (Å²) in [6.07, 6.45) is -0.888. The Bertz CT molecular complexity index is 256. The van der Waals surface area contributed by atoms with Crippen molar-refractivity contribution in [2.45, 2.75) is 32.4 Å². The van der Waals surface area contributed by atoms with Crippen LogP contribution in [-0.2, 0) is 4.57 Å². The highest BCUT2D eigenvalue weighted by Crippen LogP contribution is 2.32. The van der Waals surface area contributed by atoms with Crippen LogP contribution in [0.15, 0.2) is 0 Å². The van der Waals surface area contributed by atoms with Gasteiger partial charge in [0.2, 0.25) is 0 Å². The lowest BCUT2D eigenvalue weighted by Gasteiger charge is -2.39. The van der Waals surface area contributed by atoms with Gasteiger partial charge in [0.25, 0.3) is 0 Å². The first-order valence-electron chi connectivity index (χ1n) is 5.45. The third kappa shape index (κ3) is 6.61. The van der Waals surface area contributed by atoms with Crippen LogP contribution in [0.25, 0.3) is 0 Å². The van der Waals surface area contributed by atoms with Gasteiger partial charge in [-0.05, 0) is 5.92 Å². The summed E-state index contributed by atoms with van der Waals surface area (Å²) in [5.41, 5.74) is 0. The predicted molar refractivity (Wildman–Crippen MR) is 62.0 cm³/mol. The summed E-state index contributed by atoms with van der Waals surface area (Å²) < 4.78 is 11.2. The largest absolute Gasteiger partial charge is 0.779 e. The molecule has 16 heavy (non-hydrogen) atoms. The van der Waals surface area contributed by atoms with Crippen molar-refractivity contribution in [3.8, 4) is 0 Å². The van der Waals surface area contributed by atoms with Crippen molar-refractivity contribution >= 4 is 7.60 Å². The summed E-state index contributed by atoms with van der Waals surface area (Å²) in [5.74, 6) is 0.363. The summed E-state index contributed by atoms with van der Waals surface area (Å²) >= 11 is 0. The minimum Gasteiger partial charge on any atom is -0.779 e. The molecule has 0 saturated carbocycles. The highest BCUT2D eigenvalue weighted by atomic mass is 31.2. The molecular weight excluding hydrogens is 229 g/mol. The van der Waals surface area contributed by atoms with Crippen LogP contribution in [0.1, 0.15) is 20.3 Å². The monoisotopic (exact) mass is 253 g/mol. The maximum Gasteiger partial charge on any atom is 0.135 e. The van der Waals surface area contributed by atoms with E-state index in [-0.39, 0.29) is 6.04 Å². The van der Waals surface area contributed by atoms with Gasteiger partial charge in [0.15, 0.2) is 0 Å². The molecule has 0 aliphatic heterocycles. The van der Waals surface area contributed by atoms with Gasteiger partial charge in [0, 0.05) is 12.6 Å². The van der Waals surface area contributed by atoms with E-state index in [1.165, 1.54) is 0 Å². The zero-order valence-corrected chi connectivity index (χ0v) is 11.6. The van der Waals surface area contributed by atoms with Gasteiger partial charge in [0.05, 0.1) is 21.1 Å². The highest BCUT2D eigenvalue weighted by Gasteiger charge is 2.33. The molecule has 0 aliphatic rings. The summed E-state index contributed by atoms with van der Waals surface area (Å²) in [4.78, 5) is 19.5. The Labute approximate surface area is 97.8 Å². The van der Waals surface area contributed by atoms with Gasteiger partial charge in [-0.2, -0.15) is 0 Å². The number of nitrogens with zero attached hydrogens (tertiary/aromatic N) is 1. The number of aliphatic hydroxyl groups is 1. The van der Waals surface area contributed by atoms with Crippen LogP contribution in [0.5, 0.6) is 0 Å². The normalized spacial score (nSPS) is 20.6. The molecule has 2 N–H and O–H groups in total. The molecule has 0 saturated heterocycles. The van der Waals surface area contributed by atoms with E-state index in [1.54, 1.807) is 0 Å². The maximum atomic E-state index is 10.8. The Morgan fingerprint density at radius 1 is 1.31 bits per heavy atom. The van der Waals surface area contributed by atoms with Crippen LogP contribution in [0.2, 0.25) is 0 Å². The van der Waals surface area contributed by atoms with Crippen LogP contribution in [0.4, 0.5) is 0 Å². The molecule has 0 aromatic rings. The van der Waals surface area contributed by atoms with E-state index in [0.717, 1.165) is 0 Å². The fraction of sp³-hybridized carbons (Fsp3) is 1.00. The molecule has 0 aromatic carbocycles. The van der Waals surface area contributed by atoms with E-state index < -0.39 is 19.9 Å². The van der Waals surface area contributed by atoms with Crippen molar-refractivity contribution < 1.29 is 23.9 Å². The predicted octanol–water partition coefficient (Wildman–Crippen LogP) is 0.0139. The number of rotatable bonds is 6. The minimum absolute atomic E-state index is 0.200. The van der Waals surface area contributed by atoms with Gasteiger partial charge in [-0.15, -0.1) is 0 Å². The average molecular weight is 253 g/mol. The Kier molecular flexibility index (Phi) is 5.63. The minimum atomic E-state index is -4.40. The second kappa shape index (κ2) is 5.61. The fourth-order valence-electron chi connectivity index (χ4n) is 1.83. The van der Waals surface area contributed by atoms with Crippen molar-refractivity contribution in [1.82, 2.24) is 0 Å². The molecule has 1 unspecified atom stereocenters. The lowest BCUT2D eigenvalue weighted by Crippen LogP contribution is -2.53. The molecule has 0 radical (unpaired) electrons. The Morgan fingerprint density at radius 2 is 1.75 bits per heavy atom. The van der Waals surface area contributed by atoms with Crippen molar-refractivity contribution in [2.75, 3.05) is 27.3 Å². The first-order chi connectivity index (χ1) is 6.93. The van der Waals surface area contributed by atoms with E-state index in [2.05, 4.69) is 0 Å². The molecule has 6 heteroatoms. The van der Waals surface area contributed by atoms with Gasteiger partial charge >= 0.3 is 0 Å². The zero-order valence-electron chi connectivity index (χ0n) is 10.8. The SMILES string of the molecule is CC(C)C[C@@H]([C@H](O)CP(=O)([O-])O)[N+](C)(C)C. The first kappa shape index (κ1) is 16.1. The third-order valence-electron chi connectivity index (χ3n) is 2.57. The molecule has 5 nitrogen and oxygen atoms in total. The van der Waals surface area contributed by atoms with E-state index in [9.17, 15) is 14.6 Å². The van der Waals surface area contributed by atoms with Crippen molar-refractivity contribution in [1.29, 1.82) is 0 Å². The number of aliphatic hydroxyl groups excluding tert-OH is 1. The molecule has 0 spiro atoms. The zero-order chi connectivity index (χ0) is 13.1. The fourth-order valence-corrected chi connectivity index (χ4v) is 2.55. The number of likely N-dealkylation sites (N-methyl/N-ethyl adjacent to an activating group) is 1. The summed E-state index contributed by atoms with van der Waals surface area (Å²) in [6, 6.07) is -0.200. The van der Waals surface area contributed by atoms with Gasteiger partial charge < -0.3 is 23.9 Å². The molecule has 98 valence electrons. The number of hydrogen-bond acceptors (Lipinski definition) is 3. The average Bonchev–Trinajstić information content (AvgIpc) is 1.93. The van der Waals surface area contributed by atoms with Crippen LogP contribution in [0, 0.1) is 5.92 Å². The van der Waals surface area contributed by atoms with Crippen LogP contribution < -0.4 is 4.89 Å². The number of hydrogen-bond donors (Lipinski definition) is 2. The summed E-state index contributed by atoms with van der Waals surface area (Å²) in [7, 11) is 1.32. The van der Waals surface area contributed by atoms with Crippen LogP contribution in [0.3, 0.4) is 0 Å². The van der Waals surface area contributed by atoms with Crippen molar-refractivity contribution in [2.24, 2.45) is 5.92 Å². The quantitative estimate of drug-likeness (QED) is 0.516. The lowest BCUT2D eigenvalue weighted by atomic mass is 9.97. The first-order valence-corrected chi connectivity index (χ1v) is 7.21. The van der Waals surface area contributed by atoms with E-state index in [0.29, 0.717) is 16.8 Å². The van der Waals surface area contributed by atoms with Crippen LogP contribution >= 0.6 is 7.60 Å². The number of quaternary nitrogens is 1. The summed E-state index contributed by atoms with van der Waals surface area (Å²) in [6.45, 7) is 4.04. The Balaban J connectivity index is 4.70. The summed E-state index contributed by atoms with van der Waals surface area (Å²) in [5, 5.41) is 9.88. The molecule has 0 amide bonds. The van der Waals surface area contributed by atoms with Crippen LogP contribution in [-0.4, -0.2) is 53.9 Å². The molecule has 0 fully saturated rings. The van der Waals surface area contributed by atoms with Gasteiger partial charge in [0.1, 0.15) is 19.7 Å². The molecule has 0 aliphatic carbocycles. The smallest absolute Gasteiger partial charge is 0.135 e. The second-order valence-corrected chi connectivity index (χ2v) is 7.34. The molecule has 0 rings (SSSR count). The lowest BCUT2D eigenvalue weighted by molar-refractivity contribution is -0.900. The van der Waals surface area contributed by atoms with E-state index in [4.69, 9.17) is 4.89 Å². The Hall–Kier alpha value is 0.0700. The Morgan fingerprint density at radius 3 is 2.00 bits per heavy atom. The molecule has 0 bridgehead atoms.